The van der Waals surface area contributed by atoms with E-state index in [4.69, 9.17) is 5.73 Å². The lowest BCUT2D eigenvalue weighted by molar-refractivity contribution is -0.118. The fourth-order valence-electron chi connectivity index (χ4n) is 3.69. The van der Waals surface area contributed by atoms with Crippen LogP contribution in [0.25, 0.3) is 0 Å². The number of carbonyl (C=O) groups excluding carboxylic acids is 1. The van der Waals surface area contributed by atoms with Crippen molar-refractivity contribution in [2.45, 2.75) is 45.1 Å². The van der Waals surface area contributed by atoms with Gasteiger partial charge in [-0.2, -0.15) is 0 Å². The van der Waals surface area contributed by atoms with Crippen LogP contribution in [0.3, 0.4) is 0 Å². The summed E-state index contributed by atoms with van der Waals surface area (Å²) in [4.78, 5) is 18.3. The third-order valence-corrected chi connectivity index (χ3v) is 4.67. The molecule has 0 bridgehead atoms. The van der Waals surface area contributed by atoms with Gasteiger partial charge in [0.05, 0.1) is 13.1 Å². The fraction of sp³-hybridized carbons (Fsp3) is 0.556. The van der Waals surface area contributed by atoms with Gasteiger partial charge in [-0.05, 0) is 43.4 Å². The molecule has 1 unspecified atom stereocenters. The zero-order valence-corrected chi connectivity index (χ0v) is 14.2. The lowest BCUT2D eigenvalue weighted by Crippen LogP contribution is -2.38. The third kappa shape index (κ3) is 3.49. The molecule has 0 saturated heterocycles. The van der Waals surface area contributed by atoms with Crippen LogP contribution in [0.5, 0.6) is 0 Å². The highest BCUT2D eigenvalue weighted by Gasteiger charge is 2.29. The Labute approximate surface area is 138 Å². The summed E-state index contributed by atoms with van der Waals surface area (Å²) >= 11 is 0. The number of aliphatic imine (C=N–C) groups is 1. The zero-order chi connectivity index (χ0) is 16.6. The minimum atomic E-state index is 0.121. The molecule has 1 aromatic carbocycles. The number of benzene rings is 1. The van der Waals surface area contributed by atoms with Crippen LogP contribution in [-0.4, -0.2) is 41.8 Å². The zero-order valence-electron chi connectivity index (χ0n) is 14.2. The van der Waals surface area contributed by atoms with Gasteiger partial charge in [0.25, 0.3) is 0 Å². The summed E-state index contributed by atoms with van der Waals surface area (Å²) in [6.07, 6.45) is 1.55. The van der Waals surface area contributed by atoms with Crippen molar-refractivity contribution in [1.82, 2.24) is 4.90 Å². The molecule has 0 spiro atoms. The van der Waals surface area contributed by atoms with E-state index >= 15 is 0 Å². The first-order valence-electron chi connectivity index (χ1n) is 8.32. The van der Waals surface area contributed by atoms with Crippen molar-refractivity contribution in [2.24, 2.45) is 10.7 Å². The predicted octanol–water partition coefficient (Wildman–Crippen LogP) is 2.13. The highest BCUT2D eigenvalue weighted by Crippen LogP contribution is 2.38. The Bertz CT molecular complexity index is 650. The van der Waals surface area contributed by atoms with E-state index in [9.17, 15) is 4.79 Å². The highest BCUT2D eigenvalue weighted by molar-refractivity contribution is 5.88. The minimum Gasteiger partial charge on any atom is -0.380 e. The summed E-state index contributed by atoms with van der Waals surface area (Å²) in [5, 5.41) is 3.59. The van der Waals surface area contributed by atoms with Gasteiger partial charge in [0.15, 0.2) is 11.7 Å². The maximum absolute atomic E-state index is 12.3. The van der Waals surface area contributed by atoms with Crippen molar-refractivity contribution < 1.29 is 4.79 Å². The van der Waals surface area contributed by atoms with Crippen LogP contribution in [0, 0.1) is 0 Å². The Morgan fingerprint density at radius 3 is 2.96 bits per heavy atom. The number of rotatable bonds is 4. The van der Waals surface area contributed by atoms with Gasteiger partial charge in [-0.1, -0.05) is 19.1 Å². The molecule has 0 aliphatic carbocycles. The summed E-state index contributed by atoms with van der Waals surface area (Å²) in [5.41, 5.74) is 9.48. The van der Waals surface area contributed by atoms with Gasteiger partial charge < -0.3 is 16.0 Å². The van der Waals surface area contributed by atoms with Crippen molar-refractivity contribution in [1.29, 1.82) is 0 Å². The van der Waals surface area contributed by atoms with Gasteiger partial charge in [-0.25, -0.2) is 0 Å². The first-order chi connectivity index (χ1) is 10.8. The molecule has 3 rings (SSSR count). The largest absolute Gasteiger partial charge is 0.380 e. The summed E-state index contributed by atoms with van der Waals surface area (Å²) < 4.78 is 0. The Balaban J connectivity index is 1.69. The molecule has 23 heavy (non-hydrogen) atoms. The number of guanidine groups is 1. The molecule has 3 N–H and O–H groups in total. The Hall–Kier alpha value is -2.04. The molecule has 124 valence electrons. The van der Waals surface area contributed by atoms with Crippen molar-refractivity contribution in [3.8, 4) is 0 Å². The van der Waals surface area contributed by atoms with Gasteiger partial charge in [0.1, 0.15) is 0 Å². The third-order valence-electron chi connectivity index (χ3n) is 4.67. The van der Waals surface area contributed by atoms with E-state index < -0.39 is 0 Å². The Morgan fingerprint density at radius 1 is 1.48 bits per heavy atom. The first kappa shape index (κ1) is 15.8. The molecule has 5 nitrogen and oxygen atoms in total. The molecule has 2 heterocycles. The maximum atomic E-state index is 12.3. The molecule has 0 aromatic heterocycles. The van der Waals surface area contributed by atoms with Gasteiger partial charge in [0, 0.05) is 24.2 Å². The number of ketones is 1. The fourth-order valence-corrected chi connectivity index (χ4v) is 3.69. The van der Waals surface area contributed by atoms with Crippen LogP contribution in [0.15, 0.2) is 23.2 Å². The minimum absolute atomic E-state index is 0.121. The molecule has 1 atom stereocenters. The second-order valence-corrected chi connectivity index (χ2v) is 7.41. The molecule has 2 aliphatic heterocycles. The second kappa shape index (κ2) is 5.87. The molecule has 0 radical (unpaired) electrons. The highest BCUT2D eigenvalue weighted by atomic mass is 16.1. The molecule has 0 amide bonds. The standard InChI is InChI=1S/C18H26N4O/c1-12-10-18(2,3)21-16-5-4-13(9-15(12)16)8-14(23)11-22-7-6-20-17(22)19/h4-5,9,12,21H,6-8,10-11H2,1-3H3,(H2,19,20). The second-order valence-electron chi connectivity index (χ2n) is 7.41. The lowest BCUT2D eigenvalue weighted by atomic mass is 9.81. The van der Waals surface area contributed by atoms with E-state index in [1.807, 2.05) is 4.90 Å². The summed E-state index contributed by atoms with van der Waals surface area (Å²) in [7, 11) is 0. The average Bonchev–Trinajstić information content (AvgIpc) is 2.84. The Kier molecular flexibility index (Phi) is 4.04. The van der Waals surface area contributed by atoms with Crippen LogP contribution in [0.2, 0.25) is 0 Å². The van der Waals surface area contributed by atoms with Crippen molar-refractivity contribution in [3.63, 3.8) is 0 Å². The number of nitrogens with zero attached hydrogens (tertiary/aromatic N) is 2. The number of nitrogens with one attached hydrogen (secondary N) is 1. The molecule has 0 saturated carbocycles. The van der Waals surface area contributed by atoms with Crippen LogP contribution in [0.4, 0.5) is 5.69 Å². The van der Waals surface area contributed by atoms with Crippen molar-refractivity contribution in [2.75, 3.05) is 25.0 Å². The van der Waals surface area contributed by atoms with Gasteiger partial charge in [-0.3, -0.25) is 9.79 Å². The lowest BCUT2D eigenvalue weighted by Gasteiger charge is -2.37. The van der Waals surface area contributed by atoms with Crippen LogP contribution in [-0.2, 0) is 11.2 Å². The molecule has 2 aliphatic rings. The van der Waals surface area contributed by atoms with Crippen LogP contribution in [0.1, 0.15) is 44.2 Å². The van der Waals surface area contributed by atoms with E-state index in [2.05, 4.69) is 49.3 Å². The molecule has 1 aromatic rings. The van der Waals surface area contributed by atoms with Crippen molar-refractivity contribution >= 4 is 17.4 Å². The SMILES string of the molecule is CC1CC(C)(C)Nc2ccc(CC(=O)CN3CCN=C3N)cc21. The van der Waals surface area contributed by atoms with E-state index in [1.165, 1.54) is 11.3 Å². The topological polar surface area (TPSA) is 70.7 Å². The average molecular weight is 314 g/mol. The molecule has 5 heteroatoms. The first-order valence-corrected chi connectivity index (χ1v) is 8.32. The van der Waals surface area contributed by atoms with E-state index in [0.29, 0.717) is 31.4 Å². The quantitative estimate of drug-likeness (QED) is 0.893. The molecular formula is C18H26N4O. The number of fused-ring (bicyclic) bond motifs is 1. The van der Waals surface area contributed by atoms with Crippen LogP contribution >= 0.6 is 0 Å². The van der Waals surface area contributed by atoms with E-state index in [1.54, 1.807) is 0 Å². The Morgan fingerprint density at radius 2 is 2.26 bits per heavy atom. The van der Waals surface area contributed by atoms with E-state index in [0.717, 1.165) is 18.5 Å². The molecule has 0 fully saturated rings. The number of Topliss-reactive ketones (excluding diaryl/α,β-unsaturated/α-hetero) is 1. The summed E-state index contributed by atoms with van der Waals surface area (Å²) in [6.45, 7) is 8.51. The van der Waals surface area contributed by atoms with E-state index in [-0.39, 0.29) is 11.3 Å². The van der Waals surface area contributed by atoms with Gasteiger partial charge in [-0.15, -0.1) is 0 Å². The normalized spacial score (nSPS) is 22.3. The number of carbonyl (C=O) groups is 1. The summed E-state index contributed by atoms with van der Waals surface area (Å²) in [6, 6.07) is 6.35. The number of nitrogens with two attached hydrogens (primary N) is 1. The predicted molar refractivity (Wildman–Crippen MR) is 93.9 cm³/mol. The number of anilines is 1. The van der Waals surface area contributed by atoms with Gasteiger partial charge in [0.2, 0.25) is 0 Å². The van der Waals surface area contributed by atoms with Gasteiger partial charge >= 0.3 is 0 Å². The monoisotopic (exact) mass is 314 g/mol. The van der Waals surface area contributed by atoms with Crippen LogP contribution < -0.4 is 11.1 Å². The summed E-state index contributed by atoms with van der Waals surface area (Å²) in [5.74, 6) is 1.17. The maximum Gasteiger partial charge on any atom is 0.191 e. The van der Waals surface area contributed by atoms with Crippen molar-refractivity contribution in [3.05, 3.63) is 29.3 Å². The number of hydrogen-bond donors (Lipinski definition) is 2. The molecular weight excluding hydrogens is 288 g/mol. The number of hydrogen-bond acceptors (Lipinski definition) is 5. The smallest absolute Gasteiger partial charge is 0.191 e.